The molecule has 1 aromatic rings. The Morgan fingerprint density at radius 3 is 2.62 bits per heavy atom. The summed E-state index contributed by atoms with van der Waals surface area (Å²) < 4.78 is 0. The van der Waals surface area contributed by atoms with Crippen molar-refractivity contribution in [2.24, 2.45) is 11.3 Å². The fourth-order valence-electron chi connectivity index (χ4n) is 3.66. The predicted molar refractivity (Wildman–Crippen MR) is 92.7 cm³/mol. The summed E-state index contributed by atoms with van der Waals surface area (Å²) in [6, 6.07) is 9.64. The Labute approximate surface area is 131 Å². The van der Waals surface area contributed by atoms with Gasteiger partial charge in [-0.1, -0.05) is 57.0 Å². The minimum atomic E-state index is 0.483. The van der Waals surface area contributed by atoms with E-state index in [1.165, 1.54) is 43.2 Å². The van der Waals surface area contributed by atoms with Gasteiger partial charge in [-0.15, -0.1) is 0 Å². The molecule has 0 bridgehead atoms. The molecule has 1 heteroatoms. The van der Waals surface area contributed by atoms with E-state index in [2.05, 4.69) is 57.3 Å². The van der Waals surface area contributed by atoms with Gasteiger partial charge in [0.15, 0.2) is 0 Å². The molecule has 118 valence electrons. The Morgan fingerprint density at radius 1 is 1.10 bits per heavy atom. The van der Waals surface area contributed by atoms with Gasteiger partial charge in [0.1, 0.15) is 0 Å². The van der Waals surface area contributed by atoms with Crippen molar-refractivity contribution in [2.75, 3.05) is 6.54 Å². The van der Waals surface area contributed by atoms with Crippen LogP contribution in [0.25, 0.3) is 0 Å². The van der Waals surface area contributed by atoms with Crippen LogP contribution < -0.4 is 5.32 Å². The molecule has 0 radical (unpaired) electrons. The third-order valence-electron chi connectivity index (χ3n) is 5.12. The highest BCUT2D eigenvalue weighted by Crippen LogP contribution is 2.36. The Morgan fingerprint density at radius 2 is 1.90 bits per heavy atom. The minimum Gasteiger partial charge on any atom is -0.314 e. The van der Waals surface area contributed by atoms with Gasteiger partial charge in [0.05, 0.1) is 0 Å². The van der Waals surface area contributed by atoms with Crippen LogP contribution in [0.4, 0.5) is 0 Å². The second kappa shape index (κ2) is 7.45. The van der Waals surface area contributed by atoms with E-state index in [1.54, 1.807) is 0 Å². The maximum absolute atomic E-state index is 3.80. The van der Waals surface area contributed by atoms with Gasteiger partial charge in [0.2, 0.25) is 0 Å². The summed E-state index contributed by atoms with van der Waals surface area (Å²) in [5.41, 5.74) is 3.31. The first-order valence-corrected chi connectivity index (χ1v) is 8.74. The number of hydrogen-bond acceptors (Lipinski definition) is 1. The molecule has 0 amide bonds. The molecule has 1 N–H and O–H groups in total. The maximum Gasteiger partial charge on any atom is 0.00672 e. The topological polar surface area (TPSA) is 12.0 Å². The molecule has 0 aromatic heterocycles. The second-order valence-corrected chi connectivity index (χ2v) is 7.96. The molecule has 1 fully saturated rings. The van der Waals surface area contributed by atoms with Gasteiger partial charge in [-0.2, -0.15) is 0 Å². The van der Waals surface area contributed by atoms with Crippen LogP contribution in [0.1, 0.15) is 64.0 Å². The van der Waals surface area contributed by atoms with Crippen LogP contribution in [0.5, 0.6) is 0 Å². The van der Waals surface area contributed by atoms with E-state index < -0.39 is 0 Å². The summed E-state index contributed by atoms with van der Waals surface area (Å²) in [6.07, 6.45) is 8.08. The van der Waals surface area contributed by atoms with Crippen molar-refractivity contribution < 1.29 is 0 Å². The lowest BCUT2D eigenvalue weighted by Crippen LogP contribution is -2.30. The number of nitrogens with one attached hydrogen (secondary N) is 1. The normalized spacial score (nSPS) is 23.8. The van der Waals surface area contributed by atoms with Gasteiger partial charge in [0.25, 0.3) is 0 Å². The molecule has 0 heterocycles. The zero-order valence-electron chi connectivity index (χ0n) is 14.4. The molecule has 1 aliphatic rings. The standard InChI is InChI=1S/C20H33N/c1-16-7-5-8-17(15-16)13-14-21-19-10-6-9-18(11-12-19)20(2,3)4/h5,7-8,15,18-19,21H,6,9-14H2,1-4H3. The fourth-order valence-corrected chi connectivity index (χ4v) is 3.66. The van der Waals surface area contributed by atoms with Crippen LogP contribution in [0.3, 0.4) is 0 Å². The summed E-state index contributed by atoms with van der Waals surface area (Å²) in [5, 5.41) is 3.80. The first kappa shape index (κ1) is 16.5. The smallest absolute Gasteiger partial charge is 0.00672 e. The van der Waals surface area contributed by atoms with E-state index in [1.807, 2.05) is 0 Å². The zero-order chi connectivity index (χ0) is 15.3. The average Bonchev–Trinajstić information content (AvgIpc) is 2.64. The average molecular weight is 287 g/mol. The fraction of sp³-hybridized carbons (Fsp3) is 0.700. The molecule has 0 spiro atoms. The van der Waals surface area contributed by atoms with E-state index >= 15 is 0 Å². The van der Waals surface area contributed by atoms with E-state index in [0.29, 0.717) is 5.41 Å². The Balaban J connectivity index is 1.74. The van der Waals surface area contributed by atoms with Crippen molar-refractivity contribution in [1.82, 2.24) is 5.32 Å². The van der Waals surface area contributed by atoms with Gasteiger partial charge < -0.3 is 5.32 Å². The Hall–Kier alpha value is -0.820. The summed E-state index contributed by atoms with van der Waals surface area (Å²) in [5.74, 6) is 0.904. The number of aryl methyl sites for hydroxylation is 1. The van der Waals surface area contributed by atoms with Gasteiger partial charge >= 0.3 is 0 Å². The molecule has 2 unspecified atom stereocenters. The van der Waals surface area contributed by atoms with Gasteiger partial charge in [0, 0.05) is 6.04 Å². The van der Waals surface area contributed by atoms with Crippen LogP contribution in [0.2, 0.25) is 0 Å². The lowest BCUT2D eigenvalue weighted by Gasteiger charge is -2.29. The summed E-state index contributed by atoms with van der Waals surface area (Å²) in [6.45, 7) is 10.5. The van der Waals surface area contributed by atoms with Gasteiger partial charge in [-0.3, -0.25) is 0 Å². The molecule has 2 atom stereocenters. The van der Waals surface area contributed by atoms with Crippen LogP contribution in [0, 0.1) is 18.3 Å². The maximum atomic E-state index is 3.80. The molecular weight excluding hydrogens is 254 g/mol. The second-order valence-electron chi connectivity index (χ2n) is 7.96. The molecule has 1 aliphatic carbocycles. The molecule has 0 saturated heterocycles. The van der Waals surface area contributed by atoms with Crippen molar-refractivity contribution in [3.8, 4) is 0 Å². The number of benzene rings is 1. The van der Waals surface area contributed by atoms with Crippen molar-refractivity contribution in [3.63, 3.8) is 0 Å². The lowest BCUT2D eigenvalue weighted by molar-refractivity contribution is 0.213. The molecular formula is C20H33N. The van der Waals surface area contributed by atoms with Crippen molar-refractivity contribution in [2.45, 2.75) is 72.3 Å². The Kier molecular flexibility index (Phi) is 5.87. The number of hydrogen-bond donors (Lipinski definition) is 1. The molecule has 1 nitrogen and oxygen atoms in total. The van der Waals surface area contributed by atoms with Crippen molar-refractivity contribution >= 4 is 0 Å². The first-order chi connectivity index (χ1) is 9.95. The monoisotopic (exact) mass is 287 g/mol. The highest BCUT2D eigenvalue weighted by atomic mass is 14.9. The third-order valence-corrected chi connectivity index (χ3v) is 5.12. The minimum absolute atomic E-state index is 0.483. The predicted octanol–water partition coefficient (Wildman–Crippen LogP) is 5.12. The van der Waals surface area contributed by atoms with Crippen molar-refractivity contribution in [3.05, 3.63) is 35.4 Å². The summed E-state index contributed by atoms with van der Waals surface area (Å²) in [7, 11) is 0. The molecule has 0 aliphatic heterocycles. The van der Waals surface area contributed by atoms with Crippen LogP contribution in [0.15, 0.2) is 24.3 Å². The molecule has 1 aromatic carbocycles. The highest BCUT2D eigenvalue weighted by molar-refractivity contribution is 5.22. The quantitative estimate of drug-likeness (QED) is 0.758. The van der Waals surface area contributed by atoms with E-state index in [0.717, 1.165) is 24.9 Å². The van der Waals surface area contributed by atoms with E-state index in [9.17, 15) is 0 Å². The highest BCUT2D eigenvalue weighted by Gasteiger charge is 2.27. The molecule has 1 saturated carbocycles. The van der Waals surface area contributed by atoms with Gasteiger partial charge in [-0.05, 0) is 62.5 Å². The van der Waals surface area contributed by atoms with Gasteiger partial charge in [-0.25, -0.2) is 0 Å². The molecule has 2 rings (SSSR count). The van der Waals surface area contributed by atoms with Crippen LogP contribution in [-0.2, 0) is 6.42 Å². The summed E-state index contributed by atoms with van der Waals surface area (Å²) in [4.78, 5) is 0. The van der Waals surface area contributed by atoms with E-state index in [4.69, 9.17) is 0 Å². The van der Waals surface area contributed by atoms with Crippen LogP contribution >= 0.6 is 0 Å². The van der Waals surface area contributed by atoms with Crippen LogP contribution in [-0.4, -0.2) is 12.6 Å². The Bertz CT molecular complexity index is 430. The summed E-state index contributed by atoms with van der Waals surface area (Å²) >= 11 is 0. The van der Waals surface area contributed by atoms with Crippen molar-refractivity contribution in [1.29, 1.82) is 0 Å². The van der Waals surface area contributed by atoms with E-state index in [-0.39, 0.29) is 0 Å². The first-order valence-electron chi connectivity index (χ1n) is 8.74. The third kappa shape index (κ3) is 5.47. The number of rotatable bonds is 4. The molecule has 21 heavy (non-hydrogen) atoms. The SMILES string of the molecule is Cc1cccc(CCNC2CCCC(C(C)(C)C)CC2)c1. The largest absolute Gasteiger partial charge is 0.314 e. The zero-order valence-corrected chi connectivity index (χ0v) is 14.4. The lowest BCUT2D eigenvalue weighted by atomic mass is 9.76.